The van der Waals surface area contributed by atoms with Crippen molar-refractivity contribution in [2.45, 2.75) is 23.3 Å². The Morgan fingerprint density at radius 3 is 2.77 bits per heavy atom. The smallest absolute Gasteiger partial charge is 0.140 e. The summed E-state index contributed by atoms with van der Waals surface area (Å²) in [7, 11) is 0.799. The van der Waals surface area contributed by atoms with Crippen LogP contribution in [0.5, 0.6) is 0 Å². The van der Waals surface area contributed by atoms with Gasteiger partial charge in [0.1, 0.15) is 14.9 Å². The van der Waals surface area contributed by atoms with E-state index in [0.29, 0.717) is 9.90 Å². The molecule has 0 amide bonds. The summed E-state index contributed by atoms with van der Waals surface area (Å²) >= 11 is 3.06. The number of imidazole rings is 1. The fourth-order valence-electron chi connectivity index (χ4n) is 2.82. The van der Waals surface area contributed by atoms with Crippen LogP contribution in [0.1, 0.15) is 13.8 Å². The summed E-state index contributed by atoms with van der Waals surface area (Å²) < 4.78 is 15.4. The van der Waals surface area contributed by atoms with Crippen LogP contribution < -0.4 is 5.73 Å². The normalized spacial score (nSPS) is 12.9. The van der Waals surface area contributed by atoms with Crippen LogP contribution in [0.25, 0.3) is 32.2 Å². The maximum absolute atomic E-state index is 12.7. The average Bonchev–Trinajstić information content (AvgIpc) is 3.34. The van der Waals surface area contributed by atoms with E-state index < -0.39 is 10.8 Å². The lowest BCUT2D eigenvalue weighted by Gasteiger charge is -2.08. The number of aromatic nitrogens is 3. The Kier molecular flexibility index (Phi) is 4.42. The van der Waals surface area contributed by atoms with Crippen LogP contribution >= 0.6 is 22.7 Å². The Balaban J connectivity index is 2.06. The first-order valence-corrected chi connectivity index (χ1v) is 11.0. The molecule has 4 aromatic heterocycles. The highest BCUT2D eigenvalue weighted by molar-refractivity contribution is 7.88. The molecule has 1 atom stereocenters. The zero-order chi connectivity index (χ0) is 18.4. The van der Waals surface area contributed by atoms with Crippen LogP contribution in [0.2, 0.25) is 0 Å². The van der Waals surface area contributed by atoms with E-state index in [0.717, 1.165) is 32.2 Å². The highest BCUT2D eigenvalue weighted by atomic mass is 32.2. The molecule has 0 radical (unpaired) electrons. The molecule has 2 N–H and O–H groups in total. The minimum Gasteiger partial charge on any atom is -0.396 e. The molecule has 134 valence electrons. The quantitative estimate of drug-likeness (QED) is 0.544. The van der Waals surface area contributed by atoms with E-state index in [2.05, 4.69) is 4.98 Å². The van der Waals surface area contributed by atoms with Crippen molar-refractivity contribution in [1.82, 2.24) is 14.5 Å². The summed E-state index contributed by atoms with van der Waals surface area (Å²) in [5.41, 5.74) is 8.81. The number of anilines is 1. The number of thiophene rings is 2. The molecule has 0 aliphatic rings. The Bertz CT molecular complexity index is 1110. The van der Waals surface area contributed by atoms with Crippen LogP contribution in [-0.4, -0.2) is 24.0 Å². The minimum atomic E-state index is -1.15. The number of hydrogen-bond donors (Lipinski definition) is 1. The molecule has 26 heavy (non-hydrogen) atoms. The lowest BCUT2D eigenvalue weighted by molar-refractivity contribution is 0.678. The highest BCUT2D eigenvalue weighted by Gasteiger charge is 2.23. The molecule has 4 rings (SSSR count). The summed E-state index contributed by atoms with van der Waals surface area (Å²) in [5.74, 6) is 0.821. The Labute approximate surface area is 162 Å². The second kappa shape index (κ2) is 6.61. The van der Waals surface area contributed by atoms with E-state index in [4.69, 9.17) is 10.7 Å². The minimum absolute atomic E-state index is 0.00117. The molecule has 1 unspecified atom stereocenters. The maximum atomic E-state index is 12.7. The predicted molar refractivity (Wildman–Crippen MR) is 111 cm³/mol. The molecule has 0 fully saturated rings. The third-order valence-corrected chi connectivity index (χ3v) is 8.08. The third kappa shape index (κ3) is 2.78. The molecule has 0 saturated carbocycles. The number of nitrogens with zero attached hydrogens (tertiary/aromatic N) is 3. The summed E-state index contributed by atoms with van der Waals surface area (Å²) in [6, 6.07) is 6.08. The molecule has 4 aromatic rings. The molecule has 4 heterocycles. The number of nitrogen functional groups attached to an aromatic ring is 1. The van der Waals surface area contributed by atoms with Gasteiger partial charge in [-0.1, -0.05) is 19.9 Å². The number of hydrogen-bond acceptors (Lipinski definition) is 6. The van der Waals surface area contributed by atoms with Crippen molar-refractivity contribution in [2.75, 3.05) is 5.73 Å². The van der Waals surface area contributed by atoms with Gasteiger partial charge in [0.05, 0.1) is 27.1 Å². The third-order valence-electron chi connectivity index (χ3n) is 4.11. The van der Waals surface area contributed by atoms with Gasteiger partial charge >= 0.3 is 0 Å². The van der Waals surface area contributed by atoms with Gasteiger partial charge in [0.15, 0.2) is 0 Å². The summed E-state index contributed by atoms with van der Waals surface area (Å²) in [5, 5.41) is 2.87. The topological polar surface area (TPSA) is 73.8 Å². The van der Waals surface area contributed by atoms with E-state index in [1.165, 1.54) is 11.3 Å². The number of aryl methyl sites for hydroxylation is 1. The molecule has 0 aliphatic carbocycles. The second-order valence-electron chi connectivity index (χ2n) is 6.22. The zero-order valence-corrected chi connectivity index (χ0v) is 17.0. The van der Waals surface area contributed by atoms with Crippen LogP contribution in [0.15, 0.2) is 40.2 Å². The number of pyridine rings is 1. The van der Waals surface area contributed by atoms with E-state index in [1.807, 2.05) is 55.2 Å². The number of fused-ring (bicyclic) bond motifs is 1. The van der Waals surface area contributed by atoms with Crippen molar-refractivity contribution < 1.29 is 4.21 Å². The standard InChI is InChI=1S/C18H18N4OS3/c1-10(2)26(23)18-15(19)14-11(16-20-6-7-22(16)3)9-12(21-17(14)25-18)13-5-4-8-24-13/h4-10H,19H2,1-3H3. The van der Waals surface area contributed by atoms with Crippen molar-refractivity contribution in [2.24, 2.45) is 7.05 Å². The van der Waals surface area contributed by atoms with Crippen molar-refractivity contribution in [3.63, 3.8) is 0 Å². The molecule has 0 spiro atoms. The average molecular weight is 403 g/mol. The lowest BCUT2D eigenvalue weighted by atomic mass is 10.1. The number of nitrogens with two attached hydrogens (primary N) is 1. The molecule has 5 nitrogen and oxygen atoms in total. The molecular weight excluding hydrogens is 384 g/mol. The first-order chi connectivity index (χ1) is 12.5. The maximum Gasteiger partial charge on any atom is 0.140 e. The van der Waals surface area contributed by atoms with Crippen molar-refractivity contribution in [3.8, 4) is 22.0 Å². The summed E-state index contributed by atoms with van der Waals surface area (Å²) in [4.78, 5) is 11.2. The van der Waals surface area contributed by atoms with Crippen LogP contribution in [0, 0.1) is 0 Å². The van der Waals surface area contributed by atoms with Crippen LogP contribution in [-0.2, 0) is 17.8 Å². The van der Waals surface area contributed by atoms with Crippen molar-refractivity contribution in [3.05, 3.63) is 36.0 Å². The van der Waals surface area contributed by atoms with Gasteiger partial charge in [0.25, 0.3) is 0 Å². The SMILES string of the molecule is CC(C)S(=O)c1sc2nc(-c3cccs3)cc(-c3nccn3C)c2c1N. The zero-order valence-electron chi connectivity index (χ0n) is 14.6. The molecule has 8 heteroatoms. The van der Waals surface area contributed by atoms with E-state index in [9.17, 15) is 4.21 Å². The fraction of sp³-hybridized carbons (Fsp3) is 0.222. The van der Waals surface area contributed by atoms with Gasteiger partial charge in [-0.15, -0.1) is 22.7 Å². The summed E-state index contributed by atoms with van der Waals surface area (Å²) in [6.07, 6.45) is 3.67. The van der Waals surface area contributed by atoms with Gasteiger partial charge in [0, 0.05) is 35.6 Å². The van der Waals surface area contributed by atoms with Crippen LogP contribution in [0.3, 0.4) is 0 Å². The number of rotatable bonds is 4. The van der Waals surface area contributed by atoms with E-state index in [-0.39, 0.29) is 5.25 Å². The molecule has 0 aliphatic heterocycles. The molecule has 0 bridgehead atoms. The van der Waals surface area contributed by atoms with Crippen molar-refractivity contribution in [1.29, 1.82) is 0 Å². The van der Waals surface area contributed by atoms with Gasteiger partial charge in [-0.25, -0.2) is 9.97 Å². The lowest BCUT2D eigenvalue weighted by Crippen LogP contribution is -2.06. The van der Waals surface area contributed by atoms with Gasteiger partial charge in [-0.2, -0.15) is 0 Å². The fourth-order valence-corrected chi connectivity index (χ4v) is 6.25. The first kappa shape index (κ1) is 17.4. The van der Waals surface area contributed by atoms with Gasteiger partial charge in [-0.05, 0) is 17.5 Å². The highest BCUT2D eigenvalue weighted by Crippen LogP contribution is 2.43. The van der Waals surface area contributed by atoms with Gasteiger partial charge in [-0.3, -0.25) is 4.21 Å². The Hall–Kier alpha value is -2.03. The van der Waals surface area contributed by atoms with Crippen molar-refractivity contribution >= 4 is 49.4 Å². The predicted octanol–water partition coefficient (Wildman–Crippen LogP) is 4.52. The van der Waals surface area contributed by atoms with Gasteiger partial charge < -0.3 is 10.3 Å². The largest absolute Gasteiger partial charge is 0.396 e. The van der Waals surface area contributed by atoms with Crippen LogP contribution in [0.4, 0.5) is 5.69 Å². The van der Waals surface area contributed by atoms with Gasteiger partial charge in [0.2, 0.25) is 0 Å². The monoisotopic (exact) mass is 402 g/mol. The summed E-state index contributed by atoms with van der Waals surface area (Å²) in [6.45, 7) is 3.87. The molecule has 0 saturated heterocycles. The van der Waals surface area contributed by atoms with E-state index in [1.54, 1.807) is 17.5 Å². The molecular formula is C18H18N4OS3. The Morgan fingerprint density at radius 2 is 2.15 bits per heavy atom. The van der Waals surface area contributed by atoms with E-state index >= 15 is 0 Å². The molecule has 0 aromatic carbocycles. The Morgan fingerprint density at radius 1 is 1.35 bits per heavy atom. The first-order valence-electron chi connectivity index (χ1n) is 8.12. The second-order valence-corrected chi connectivity index (χ2v) is 10.4.